The summed E-state index contributed by atoms with van der Waals surface area (Å²) in [5.41, 5.74) is -0.0659. The van der Waals surface area contributed by atoms with E-state index in [0.717, 1.165) is 17.5 Å². The standard InChI is InChI=1S/C18H21N7O3/c1-2-24-16(20-21-18(24)28)12-6-5-9-23(10-12)15(26)11-25-17(27)13-7-3-4-8-14(13)19-22-25/h3-4,7-8,12H,2,5-6,9-11H2,1H3,(H,21,28)/t12-/m0/s1. The predicted molar refractivity (Wildman–Crippen MR) is 101 cm³/mol. The maximum Gasteiger partial charge on any atom is 0.343 e. The highest BCUT2D eigenvalue weighted by molar-refractivity contribution is 5.78. The number of nitrogens with one attached hydrogen (secondary N) is 1. The van der Waals surface area contributed by atoms with E-state index in [9.17, 15) is 14.4 Å². The first-order valence-electron chi connectivity index (χ1n) is 9.34. The number of H-pyrrole nitrogens is 1. The van der Waals surface area contributed by atoms with E-state index in [-0.39, 0.29) is 29.6 Å². The molecule has 1 amide bonds. The number of rotatable bonds is 4. The van der Waals surface area contributed by atoms with E-state index in [1.807, 2.05) is 6.92 Å². The van der Waals surface area contributed by atoms with Gasteiger partial charge in [-0.2, -0.15) is 5.10 Å². The maximum atomic E-state index is 12.8. The van der Waals surface area contributed by atoms with Crippen molar-refractivity contribution >= 4 is 16.8 Å². The third-order valence-corrected chi connectivity index (χ3v) is 5.16. The number of carbonyl (C=O) groups is 1. The second-order valence-corrected chi connectivity index (χ2v) is 6.88. The first kappa shape index (κ1) is 18.1. The molecule has 1 aliphatic rings. The lowest BCUT2D eigenvalue weighted by atomic mass is 9.97. The monoisotopic (exact) mass is 383 g/mol. The Morgan fingerprint density at radius 1 is 1.29 bits per heavy atom. The minimum atomic E-state index is -0.334. The average Bonchev–Trinajstić information content (AvgIpc) is 3.11. The molecule has 0 aliphatic carbocycles. The van der Waals surface area contributed by atoms with E-state index in [1.54, 1.807) is 33.7 Å². The first-order valence-corrected chi connectivity index (χ1v) is 9.34. The summed E-state index contributed by atoms with van der Waals surface area (Å²) in [6.07, 6.45) is 1.66. The number of fused-ring (bicyclic) bond motifs is 1. The molecular weight excluding hydrogens is 362 g/mol. The zero-order valence-electron chi connectivity index (χ0n) is 15.5. The molecule has 1 fully saturated rings. The fraction of sp³-hybridized carbons (Fsp3) is 0.444. The number of amides is 1. The molecule has 0 spiro atoms. The van der Waals surface area contributed by atoms with Crippen molar-refractivity contribution in [2.24, 2.45) is 0 Å². The van der Waals surface area contributed by atoms with Crippen LogP contribution in [-0.4, -0.2) is 53.7 Å². The second-order valence-electron chi connectivity index (χ2n) is 6.88. The van der Waals surface area contributed by atoms with Gasteiger partial charge < -0.3 is 4.90 Å². The topological polar surface area (TPSA) is 119 Å². The zero-order valence-corrected chi connectivity index (χ0v) is 15.5. The highest BCUT2D eigenvalue weighted by atomic mass is 16.2. The number of aromatic nitrogens is 6. The van der Waals surface area contributed by atoms with Crippen molar-refractivity contribution in [2.45, 2.75) is 38.8 Å². The van der Waals surface area contributed by atoms with Crippen LogP contribution in [0.4, 0.5) is 0 Å². The fourth-order valence-electron chi connectivity index (χ4n) is 3.72. The molecular formula is C18H21N7O3. The third-order valence-electron chi connectivity index (χ3n) is 5.16. The molecule has 10 nitrogen and oxygen atoms in total. The number of likely N-dealkylation sites (tertiary alicyclic amines) is 1. The Kier molecular flexibility index (Phi) is 4.76. The molecule has 0 radical (unpaired) electrons. The number of nitrogens with zero attached hydrogens (tertiary/aromatic N) is 6. The van der Waals surface area contributed by atoms with E-state index in [1.165, 1.54) is 0 Å². The summed E-state index contributed by atoms with van der Waals surface area (Å²) >= 11 is 0. The molecule has 1 aromatic carbocycles. The van der Waals surface area contributed by atoms with Crippen molar-refractivity contribution < 1.29 is 4.79 Å². The quantitative estimate of drug-likeness (QED) is 0.683. The van der Waals surface area contributed by atoms with Crippen LogP contribution in [0.3, 0.4) is 0 Å². The molecule has 2 aromatic heterocycles. The van der Waals surface area contributed by atoms with E-state index >= 15 is 0 Å². The van der Waals surface area contributed by atoms with Gasteiger partial charge in [0.05, 0.1) is 5.39 Å². The lowest BCUT2D eigenvalue weighted by Gasteiger charge is -2.32. The summed E-state index contributed by atoms with van der Waals surface area (Å²) < 4.78 is 2.70. The SMILES string of the molecule is CCn1c([C@H]2CCCN(C(=O)Cn3nnc4ccccc4c3=O)C2)n[nH]c1=O. The zero-order chi connectivity index (χ0) is 19.7. The summed E-state index contributed by atoms with van der Waals surface area (Å²) in [7, 11) is 0. The van der Waals surface area contributed by atoms with Gasteiger partial charge in [-0.1, -0.05) is 17.3 Å². The fourth-order valence-corrected chi connectivity index (χ4v) is 3.72. The van der Waals surface area contributed by atoms with Crippen LogP contribution in [0.1, 0.15) is 31.5 Å². The molecule has 1 N–H and O–H groups in total. The van der Waals surface area contributed by atoms with Gasteiger partial charge in [0.1, 0.15) is 17.9 Å². The summed E-state index contributed by atoms with van der Waals surface area (Å²) in [5.74, 6) is 0.459. The molecule has 3 heterocycles. The molecule has 1 saturated heterocycles. The summed E-state index contributed by atoms with van der Waals surface area (Å²) in [4.78, 5) is 38.9. The van der Waals surface area contributed by atoms with Gasteiger partial charge in [0.25, 0.3) is 5.56 Å². The van der Waals surface area contributed by atoms with Crippen LogP contribution in [-0.2, 0) is 17.9 Å². The Morgan fingerprint density at radius 2 is 2.11 bits per heavy atom. The number of piperidine rings is 1. The molecule has 0 bridgehead atoms. The molecule has 10 heteroatoms. The number of hydrogen-bond donors (Lipinski definition) is 1. The molecule has 4 rings (SSSR count). The van der Waals surface area contributed by atoms with E-state index in [0.29, 0.717) is 36.4 Å². The van der Waals surface area contributed by atoms with Crippen molar-refractivity contribution in [3.8, 4) is 0 Å². The normalized spacial score (nSPS) is 17.2. The molecule has 1 aliphatic heterocycles. The van der Waals surface area contributed by atoms with Gasteiger partial charge in [-0.05, 0) is 31.9 Å². The Bertz CT molecular complexity index is 1130. The molecule has 1 atom stereocenters. The second kappa shape index (κ2) is 7.37. The predicted octanol–water partition coefficient (Wildman–Crippen LogP) is 0.102. The van der Waals surface area contributed by atoms with E-state index < -0.39 is 0 Å². The lowest BCUT2D eigenvalue weighted by Crippen LogP contribution is -2.43. The number of benzene rings is 1. The highest BCUT2D eigenvalue weighted by Crippen LogP contribution is 2.25. The highest BCUT2D eigenvalue weighted by Gasteiger charge is 2.28. The molecule has 0 saturated carbocycles. The van der Waals surface area contributed by atoms with Gasteiger partial charge >= 0.3 is 5.69 Å². The van der Waals surface area contributed by atoms with Crippen LogP contribution in [0.15, 0.2) is 33.9 Å². The summed E-state index contributed by atoms with van der Waals surface area (Å²) in [6.45, 7) is 3.31. The molecule has 0 unspecified atom stereocenters. The van der Waals surface area contributed by atoms with Gasteiger partial charge in [0, 0.05) is 25.6 Å². The minimum absolute atomic E-state index is 0.0176. The van der Waals surface area contributed by atoms with Gasteiger partial charge in [-0.15, -0.1) is 5.10 Å². The Morgan fingerprint density at radius 3 is 2.93 bits per heavy atom. The van der Waals surface area contributed by atoms with Crippen LogP contribution in [0.25, 0.3) is 10.9 Å². The molecule has 3 aromatic rings. The van der Waals surface area contributed by atoms with Gasteiger partial charge in [0.15, 0.2) is 0 Å². The van der Waals surface area contributed by atoms with Crippen molar-refractivity contribution in [3.05, 3.63) is 50.9 Å². The van der Waals surface area contributed by atoms with Crippen LogP contribution in [0.5, 0.6) is 0 Å². The molecule has 146 valence electrons. The Hall–Kier alpha value is -3.30. The van der Waals surface area contributed by atoms with E-state index in [2.05, 4.69) is 20.5 Å². The first-order chi connectivity index (χ1) is 13.6. The van der Waals surface area contributed by atoms with Crippen LogP contribution < -0.4 is 11.2 Å². The van der Waals surface area contributed by atoms with Crippen LogP contribution in [0.2, 0.25) is 0 Å². The van der Waals surface area contributed by atoms with Gasteiger partial charge in [-0.3, -0.25) is 14.2 Å². The van der Waals surface area contributed by atoms with Crippen molar-refractivity contribution in [1.82, 2.24) is 34.7 Å². The van der Waals surface area contributed by atoms with Crippen molar-refractivity contribution in [2.75, 3.05) is 13.1 Å². The van der Waals surface area contributed by atoms with Crippen LogP contribution in [0, 0.1) is 0 Å². The average molecular weight is 383 g/mol. The maximum absolute atomic E-state index is 12.8. The minimum Gasteiger partial charge on any atom is -0.340 e. The largest absolute Gasteiger partial charge is 0.343 e. The smallest absolute Gasteiger partial charge is 0.340 e. The Labute approximate surface area is 159 Å². The number of aromatic amines is 1. The van der Waals surface area contributed by atoms with Crippen LogP contribution >= 0.6 is 0 Å². The van der Waals surface area contributed by atoms with Crippen molar-refractivity contribution in [3.63, 3.8) is 0 Å². The lowest BCUT2D eigenvalue weighted by molar-refractivity contribution is -0.133. The Balaban J connectivity index is 1.53. The molecule has 28 heavy (non-hydrogen) atoms. The summed E-state index contributed by atoms with van der Waals surface area (Å²) in [6, 6.07) is 6.92. The third kappa shape index (κ3) is 3.21. The number of carbonyl (C=O) groups excluding carboxylic acids is 1. The van der Waals surface area contributed by atoms with Gasteiger partial charge in [-0.25, -0.2) is 14.6 Å². The summed E-state index contributed by atoms with van der Waals surface area (Å²) in [5, 5.41) is 15.0. The van der Waals surface area contributed by atoms with Crippen molar-refractivity contribution in [1.29, 1.82) is 0 Å². The number of hydrogen-bond acceptors (Lipinski definition) is 6. The van der Waals surface area contributed by atoms with E-state index in [4.69, 9.17) is 0 Å². The van der Waals surface area contributed by atoms with Gasteiger partial charge in [0.2, 0.25) is 5.91 Å².